The number of nitro benzene ring substituents is 1. The molecule has 0 radical (unpaired) electrons. The number of nitro groups is 1. The lowest BCUT2D eigenvalue weighted by Crippen LogP contribution is -1.88. The maximum absolute atomic E-state index is 11.0. The predicted molar refractivity (Wildman–Crippen MR) is 93.6 cm³/mol. The van der Waals surface area contributed by atoms with E-state index in [1.54, 1.807) is 12.1 Å². The molecule has 1 N–H and O–H groups in total. The Kier molecular flexibility index (Phi) is 3.31. The molecule has 0 aliphatic heterocycles. The Balaban J connectivity index is 1.88. The summed E-state index contributed by atoms with van der Waals surface area (Å²) in [6.45, 7) is 0. The van der Waals surface area contributed by atoms with Crippen molar-refractivity contribution < 1.29 is 4.92 Å². The van der Waals surface area contributed by atoms with Gasteiger partial charge >= 0.3 is 0 Å². The number of nitrogens with one attached hydrogen (secondary N) is 1. The zero-order chi connectivity index (χ0) is 16.5. The predicted octanol–water partition coefficient (Wildman–Crippen LogP) is 4.81. The van der Waals surface area contributed by atoms with Gasteiger partial charge in [-0.05, 0) is 17.2 Å². The molecule has 24 heavy (non-hydrogen) atoms. The van der Waals surface area contributed by atoms with Crippen LogP contribution >= 0.6 is 0 Å². The van der Waals surface area contributed by atoms with Crippen molar-refractivity contribution in [2.24, 2.45) is 0 Å². The molecule has 0 atom stereocenters. The van der Waals surface area contributed by atoms with Gasteiger partial charge in [0.25, 0.3) is 5.69 Å². The van der Waals surface area contributed by atoms with Crippen LogP contribution in [0, 0.1) is 10.1 Å². The highest BCUT2D eigenvalue weighted by Crippen LogP contribution is 2.32. The van der Waals surface area contributed by atoms with Crippen LogP contribution in [0.5, 0.6) is 0 Å². The van der Waals surface area contributed by atoms with Crippen molar-refractivity contribution in [1.82, 2.24) is 9.97 Å². The summed E-state index contributed by atoms with van der Waals surface area (Å²) in [5.41, 5.74) is 4.62. The van der Waals surface area contributed by atoms with E-state index in [0.717, 1.165) is 33.3 Å². The molecule has 5 heteroatoms. The monoisotopic (exact) mass is 315 g/mol. The van der Waals surface area contributed by atoms with Crippen molar-refractivity contribution in [2.45, 2.75) is 0 Å². The van der Waals surface area contributed by atoms with Gasteiger partial charge in [-0.25, -0.2) is 4.98 Å². The highest BCUT2D eigenvalue weighted by atomic mass is 16.6. The second-order valence-electron chi connectivity index (χ2n) is 5.50. The Morgan fingerprint density at radius 1 is 0.917 bits per heavy atom. The Bertz CT molecular complexity index is 1040. The molecule has 5 nitrogen and oxygen atoms in total. The van der Waals surface area contributed by atoms with Gasteiger partial charge in [0.2, 0.25) is 0 Å². The van der Waals surface area contributed by atoms with Crippen LogP contribution in [0.15, 0.2) is 73.1 Å². The Morgan fingerprint density at radius 3 is 2.50 bits per heavy atom. The molecule has 116 valence electrons. The summed E-state index contributed by atoms with van der Waals surface area (Å²) < 4.78 is 0. The van der Waals surface area contributed by atoms with Crippen molar-refractivity contribution >= 4 is 16.7 Å². The van der Waals surface area contributed by atoms with Crippen LogP contribution in [-0.2, 0) is 0 Å². The lowest BCUT2D eigenvalue weighted by atomic mass is 10.0. The molecule has 0 aliphatic carbocycles. The number of fused-ring (bicyclic) bond motifs is 1. The lowest BCUT2D eigenvalue weighted by Gasteiger charge is -2.03. The third-order valence-corrected chi connectivity index (χ3v) is 4.01. The number of aromatic nitrogens is 2. The topological polar surface area (TPSA) is 71.8 Å². The van der Waals surface area contributed by atoms with Crippen molar-refractivity contribution in [3.05, 3.63) is 83.2 Å². The maximum atomic E-state index is 11.0. The second-order valence-corrected chi connectivity index (χ2v) is 5.50. The van der Waals surface area contributed by atoms with E-state index in [0.29, 0.717) is 0 Å². The summed E-state index contributed by atoms with van der Waals surface area (Å²) in [7, 11) is 0. The van der Waals surface area contributed by atoms with Crippen molar-refractivity contribution in [2.75, 3.05) is 0 Å². The van der Waals surface area contributed by atoms with Gasteiger partial charge in [0.05, 0.1) is 4.92 Å². The fourth-order valence-electron chi connectivity index (χ4n) is 2.82. The van der Waals surface area contributed by atoms with E-state index in [1.807, 2.05) is 48.8 Å². The number of rotatable bonds is 3. The fraction of sp³-hybridized carbons (Fsp3) is 0. The third kappa shape index (κ3) is 2.42. The molecular weight excluding hydrogens is 302 g/mol. The Morgan fingerprint density at radius 2 is 1.71 bits per heavy atom. The van der Waals surface area contributed by atoms with Gasteiger partial charge in [0.15, 0.2) is 0 Å². The Hall–Kier alpha value is -3.47. The molecule has 0 spiro atoms. The molecule has 0 bridgehead atoms. The fourth-order valence-corrected chi connectivity index (χ4v) is 2.82. The van der Waals surface area contributed by atoms with Crippen molar-refractivity contribution in [3.8, 4) is 22.3 Å². The van der Waals surface area contributed by atoms with Crippen LogP contribution in [0.1, 0.15) is 0 Å². The first-order valence-corrected chi connectivity index (χ1v) is 7.50. The smallest absolute Gasteiger partial charge is 0.270 e. The number of non-ortho nitro benzene ring substituents is 1. The van der Waals surface area contributed by atoms with Crippen LogP contribution in [0.4, 0.5) is 5.69 Å². The zero-order valence-corrected chi connectivity index (χ0v) is 12.6. The van der Waals surface area contributed by atoms with Crippen LogP contribution in [0.25, 0.3) is 33.3 Å². The molecule has 0 aliphatic rings. The van der Waals surface area contributed by atoms with Gasteiger partial charge in [-0.2, -0.15) is 0 Å². The standard InChI is InChI=1S/C19H13N3O2/c23-22(24)16-8-4-7-14(9-16)18-12-21-19-17(18)10-15(11-20-19)13-5-2-1-3-6-13/h1-12H,(H,20,21). The Labute approximate surface area is 137 Å². The minimum absolute atomic E-state index is 0.0778. The molecule has 2 aromatic carbocycles. The number of benzene rings is 2. The summed E-state index contributed by atoms with van der Waals surface area (Å²) in [6, 6.07) is 18.7. The molecule has 0 amide bonds. The molecular formula is C19H13N3O2. The zero-order valence-electron chi connectivity index (χ0n) is 12.6. The minimum atomic E-state index is -0.383. The van der Waals surface area contributed by atoms with Crippen molar-refractivity contribution in [3.63, 3.8) is 0 Å². The molecule has 4 aromatic rings. The minimum Gasteiger partial charge on any atom is -0.346 e. The quantitative estimate of drug-likeness (QED) is 0.436. The first kappa shape index (κ1) is 14.1. The molecule has 0 saturated heterocycles. The summed E-state index contributed by atoms with van der Waals surface area (Å²) in [4.78, 5) is 18.2. The number of hydrogen-bond acceptors (Lipinski definition) is 3. The number of H-pyrrole nitrogens is 1. The first-order chi connectivity index (χ1) is 11.7. The molecule has 2 heterocycles. The van der Waals surface area contributed by atoms with E-state index in [4.69, 9.17) is 0 Å². The van der Waals surface area contributed by atoms with Gasteiger partial charge in [-0.3, -0.25) is 10.1 Å². The average Bonchev–Trinajstić information content (AvgIpc) is 3.05. The maximum Gasteiger partial charge on any atom is 0.270 e. The third-order valence-electron chi connectivity index (χ3n) is 4.01. The number of nitrogens with zero attached hydrogens (tertiary/aromatic N) is 2. The van der Waals surface area contributed by atoms with E-state index in [9.17, 15) is 10.1 Å². The molecule has 4 rings (SSSR count). The number of aromatic amines is 1. The highest BCUT2D eigenvalue weighted by molar-refractivity contribution is 5.96. The summed E-state index contributed by atoms with van der Waals surface area (Å²) >= 11 is 0. The highest BCUT2D eigenvalue weighted by Gasteiger charge is 2.12. The van der Waals surface area contributed by atoms with Gasteiger partial charge in [0.1, 0.15) is 5.65 Å². The first-order valence-electron chi connectivity index (χ1n) is 7.50. The summed E-state index contributed by atoms with van der Waals surface area (Å²) in [5, 5.41) is 12.0. The normalized spacial score (nSPS) is 10.8. The van der Waals surface area contributed by atoms with E-state index < -0.39 is 0 Å². The van der Waals surface area contributed by atoms with Crippen LogP contribution in [-0.4, -0.2) is 14.9 Å². The van der Waals surface area contributed by atoms with E-state index >= 15 is 0 Å². The molecule has 0 fully saturated rings. The summed E-state index contributed by atoms with van der Waals surface area (Å²) in [5.74, 6) is 0. The van der Waals surface area contributed by atoms with Gasteiger partial charge < -0.3 is 4.98 Å². The molecule has 0 unspecified atom stereocenters. The van der Waals surface area contributed by atoms with E-state index in [2.05, 4.69) is 16.0 Å². The van der Waals surface area contributed by atoms with Crippen molar-refractivity contribution in [1.29, 1.82) is 0 Å². The second kappa shape index (κ2) is 5.62. The van der Waals surface area contributed by atoms with Crippen LogP contribution in [0.3, 0.4) is 0 Å². The molecule has 0 saturated carbocycles. The lowest BCUT2D eigenvalue weighted by molar-refractivity contribution is -0.384. The average molecular weight is 315 g/mol. The largest absolute Gasteiger partial charge is 0.346 e. The van der Waals surface area contributed by atoms with Gasteiger partial charge in [-0.15, -0.1) is 0 Å². The van der Waals surface area contributed by atoms with Crippen LogP contribution in [0.2, 0.25) is 0 Å². The molecule has 2 aromatic heterocycles. The number of hydrogen-bond donors (Lipinski definition) is 1. The van der Waals surface area contributed by atoms with E-state index in [1.165, 1.54) is 6.07 Å². The van der Waals surface area contributed by atoms with Crippen LogP contribution < -0.4 is 0 Å². The van der Waals surface area contributed by atoms with E-state index in [-0.39, 0.29) is 10.6 Å². The number of pyridine rings is 1. The summed E-state index contributed by atoms with van der Waals surface area (Å²) in [6.07, 6.45) is 3.66. The van der Waals surface area contributed by atoms with Gasteiger partial charge in [0, 0.05) is 41.0 Å². The SMILES string of the molecule is O=[N+]([O-])c1cccc(-c2c[nH]c3ncc(-c4ccccc4)cc23)c1. The van der Waals surface area contributed by atoms with Gasteiger partial charge in [-0.1, -0.05) is 42.5 Å².